The van der Waals surface area contributed by atoms with Gasteiger partial charge in [0.25, 0.3) is 5.91 Å². The third-order valence-electron chi connectivity index (χ3n) is 4.65. The standard InChI is InChI=1S/C17H23N3O/c1-3-13(2)20(15-6-4-5-7-15)17(21)14-8-9-16-18-10-11-19(16)12-14/h8-13,15H,3-7H2,1-2H3/t13-/m1/s1. The zero-order chi connectivity index (χ0) is 14.8. The van der Waals surface area contributed by atoms with Crippen molar-refractivity contribution in [2.75, 3.05) is 0 Å². The molecule has 0 bridgehead atoms. The van der Waals surface area contributed by atoms with Gasteiger partial charge in [-0.2, -0.15) is 0 Å². The molecule has 0 aromatic carbocycles. The van der Waals surface area contributed by atoms with Crippen LogP contribution >= 0.6 is 0 Å². The Hall–Kier alpha value is -1.84. The van der Waals surface area contributed by atoms with Crippen LogP contribution in [0.4, 0.5) is 0 Å². The largest absolute Gasteiger partial charge is 0.333 e. The van der Waals surface area contributed by atoms with Crippen molar-refractivity contribution in [2.24, 2.45) is 0 Å². The number of hydrogen-bond acceptors (Lipinski definition) is 2. The normalized spacial score (nSPS) is 17.2. The molecule has 1 amide bonds. The first-order valence-electron chi connectivity index (χ1n) is 7.96. The lowest BCUT2D eigenvalue weighted by molar-refractivity contribution is 0.0589. The van der Waals surface area contributed by atoms with Crippen LogP contribution < -0.4 is 0 Å². The summed E-state index contributed by atoms with van der Waals surface area (Å²) in [5.41, 5.74) is 1.63. The fourth-order valence-electron chi connectivity index (χ4n) is 3.30. The van der Waals surface area contributed by atoms with E-state index in [1.807, 2.05) is 28.9 Å². The maximum absolute atomic E-state index is 13.0. The van der Waals surface area contributed by atoms with Gasteiger partial charge in [0, 0.05) is 30.7 Å². The second-order valence-electron chi connectivity index (χ2n) is 6.02. The molecule has 21 heavy (non-hydrogen) atoms. The SMILES string of the molecule is CC[C@@H](C)N(C(=O)c1ccc2nccn2c1)C1CCCC1. The van der Waals surface area contributed by atoms with Crippen molar-refractivity contribution in [3.63, 3.8) is 0 Å². The van der Waals surface area contributed by atoms with E-state index in [2.05, 4.69) is 23.7 Å². The van der Waals surface area contributed by atoms with Crippen molar-refractivity contribution in [3.8, 4) is 0 Å². The summed E-state index contributed by atoms with van der Waals surface area (Å²) in [6.07, 6.45) is 11.3. The van der Waals surface area contributed by atoms with Crippen LogP contribution in [0.5, 0.6) is 0 Å². The Morgan fingerprint density at radius 1 is 1.43 bits per heavy atom. The zero-order valence-corrected chi connectivity index (χ0v) is 12.8. The summed E-state index contributed by atoms with van der Waals surface area (Å²) in [6, 6.07) is 4.51. The van der Waals surface area contributed by atoms with Gasteiger partial charge >= 0.3 is 0 Å². The molecule has 1 aliphatic rings. The first-order chi connectivity index (χ1) is 10.2. The van der Waals surface area contributed by atoms with Crippen LogP contribution in [0.2, 0.25) is 0 Å². The predicted molar refractivity (Wildman–Crippen MR) is 83.4 cm³/mol. The van der Waals surface area contributed by atoms with Crippen molar-refractivity contribution in [1.29, 1.82) is 0 Å². The number of pyridine rings is 1. The van der Waals surface area contributed by atoms with Crippen LogP contribution in [0.1, 0.15) is 56.3 Å². The van der Waals surface area contributed by atoms with Crippen molar-refractivity contribution in [3.05, 3.63) is 36.3 Å². The number of amides is 1. The minimum Gasteiger partial charge on any atom is -0.333 e. The van der Waals surface area contributed by atoms with Gasteiger partial charge in [-0.15, -0.1) is 0 Å². The van der Waals surface area contributed by atoms with E-state index in [1.54, 1.807) is 6.20 Å². The topological polar surface area (TPSA) is 37.6 Å². The number of nitrogens with zero attached hydrogens (tertiary/aromatic N) is 3. The quantitative estimate of drug-likeness (QED) is 0.862. The van der Waals surface area contributed by atoms with Crippen molar-refractivity contribution >= 4 is 11.6 Å². The molecule has 0 saturated heterocycles. The van der Waals surface area contributed by atoms with Crippen molar-refractivity contribution in [1.82, 2.24) is 14.3 Å². The van der Waals surface area contributed by atoms with Crippen molar-refractivity contribution < 1.29 is 4.79 Å². The maximum Gasteiger partial charge on any atom is 0.255 e. The number of imidazole rings is 1. The molecule has 4 heteroatoms. The Labute approximate surface area is 125 Å². The average molecular weight is 285 g/mol. The Morgan fingerprint density at radius 3 is 2.90 bits per heavy atom. The summed E-state index contributed by atoms with van der Waals surface area (Å²) in [5.74, 6) is 0.159. The average Bonchev–Trinajstić information content (AvgIpc) is 3.17. The van der Waals surface area contributed by atoms with Crippen LogP contribution in [-0.2, 0) is 0 Å². The lowest BCUT2D eigenvalue weighted by Gasteiger charge is -2.34. The van der Waals surface area contributed by atoms with Gasteiger partial charge in [0.15, 0.2) is 0 Å². The minimum atomic E-state index is 0.159. The van der Waals surface area contributed by atoms with E-state index >= 15 is 0 Å². The molecule has 112 valence electrons. The lowest BCUT2D eigenvalue weighted by atomic mass is 10.1. The molecule has 0 spiro atoms. The van der Waals surface area contributed by atoms with Gasteiger partial charge in [0.2, 0.25) is 0 Å². The first-order valence-corrected chi connectivity index (χ1v) is 7.96. The third-order valence-corrected chi connectivity index (χ3v) is 4.65. The van der Waals surface area contributed by atoms with Gasteiger partial charge < -0.3 is 9.30 Å². The molecule has 1 fully saturated rings. The molecular formula is C17H23N3O. The van der Waals surface area contributed by atoms with Gasteiger partial charge in [-0.25, -0.2) is 4.98 Å². The van der Waals surface area contributed by atoms with E-state index in [4.69, 9.17) is 0 Å². The molecule has 2 aromatic rings. The number of carbonyl (C=O) groups excluding carboxylic acids is 1. The van der Waals surface area contributed by atoms with Crippen LogP contribution in [0, 0.1) is 0 Å². The van der Waals surface area contributed by atoms with Gasteiger partial charge in [-0.1, -0.05) is 19.8 Å². The number of fused-ring (bicyclic) bond motifs is 1. The molecule has 0 radical (unpaired) electrons. The molecule has 1 saturated carbocycles. The first kappa shape index (κ1) is 14.1. The summed E-state index contributed by atoms with van der Waals surface area (Å²) >= 11 is 0. The summed E-state index contributed by atoms with van der Waals surface area (Å²) in [4.78, 5) is 19.3. The van der Waals surface area contributed by atoms with Gasteiger partial charge in [0.1, 0.15) is 5.65 Å². The smallest absolute Gasteiger partial charge is 0.255 e. The molecule has 0 N–H and O–H groups in total. The number of aromatic nitrogens is 2. The third kappa shape index (κ3) is 2.67. The van der Waals surface area contributed by atoms with Crippen LogP contribution in [0.15, 0.2) is 30.7 Å². The van der Waals surface area contributed by atoms with E-state index in [-0.39, 0.29) is 5.91 Å². The van der Waals surface area contributed by atoms with E-state index in [9.17, 15) is 4.79 Å². The van der Waals surface area contributed by atoms with Crippen LogP contribution in [-0.4, -0.2) is 32.3 Å². The Balaban J connectivity index is 1.91. The molecule has 0 aliphatic heterocycles. The monoisotopic (exact) mass is 285 g/mol. The Bertz CT molecular complexity index is 628. The van der Waals surface area contributed by atoms with Gasteiger partial charge in [-0.3, -0.25) is 4.79 Å². The maximum atomic E-state index is 13.0. The molecule has 0 unspecified atom stereocenters. The molecule has 1 atom stereocenters. The fraction of sp³-hybridized carbons (Fsp3) is 0.529. The van der Waals surface area contributed by atoms with E-state index in [0.717, 1.165) is 30.5 Å². The van der Waals surface area contributed by atoms with Crippen molar-refractivity contribution in [2.45, 2.75) is 58.0 Å². The minimum absolute atomic E-state index is 0.159. The summed E-state index contributed by atoms with van der Waals surface area (Å²) in [5, 5.41) is 0. The second kappa shape index (κ2) is 5.88. The molecule has 4 nitrogen and oxygen atoms in total. The predicted octanol–water partition coefficient (Wildman–Crippen LogP) is 3.52. The lowest BCUT2D eigenvalue weighted by Crippen LogP contribution is -2.44. The van der Waals surface area contributed by atoms with Crippen LogP contribution in [0.25, 0.3) is 5.65 Å². The molecular weight excluding hydrogens is 262 g/mol. The summed E-state index contributed by atoms with van der Waals surface area (Å²) in [7, 11) is 0. The highest BCUT2D eigenvalue weighted by atomic mass is 16.2. The van der Waals surface area contributed by atoms with E-state index in [1.165, 1.54) is 12.8 Å². The van der Waals surface area contributed by atoms with Gasteiger partial charge in [0.05, 0.1) is 5.56 Å². The number of hydrogen-bond donors (Lipinski definition) is 0. The molecule has 1 aliphatic carbocycles. The highest BCUT2D eigenvalue weighted by Crippen LogP contribution is 2.27. The molecule has 2 heterocycles. The number of carbonyl (C=O) groups is 1. The molecule has 3 rings (SSSR count). The zero-order valence-electron chi connectivity index (χ0n) is 12.8. The fourth-order valence-corrected chi connectivity index (χ4v) is 3.30. The molecule has 2 aromatic heterocycles. The van der Waals surface area contributed by atoms with Crippen LogP contribution in [0.3, 0.4) is 0 Å². The Morgan fingerprint density at radius 2 is 2.19 bits per heavy atom. The number of rotatable bonds is 4. The second-order valence-corrected chi connectivity index (χ2v) is 6.02. The highest BCUT2D eigenvalue weighted by molar-refractivity contribution is 5.94. The van der Waals surface area contributed by atoms with E-state index < -0.39 is 0 Å². The Kier molecular flexibility index (Phi) is 3.95. The highest BCUT2D eigenvalue weighted by Gasteiger charge is 2.30. The summed E-state index contributed by atoms with van der Waals surface area (Å²) < 4.78 is 1.91. The summed E-state index contributed by atoms with van der Waals surface area (Å²) in [6.45, 7) is 4.31. The van der Waals surface area contributed by atoms with Gasteiger partial charge in [-0.05, 0) is 38.3 Å². The van der Waals surface area contributed by atoms with E-state index in [0.29, 0.717) is 12.1 Å².